The zero-order chi connectivity index (χ0) is 16.0. The zero-order valence-corrected chi connectivity index (χ0v) is 13.5. The monoisotopic (exact) mass is 302 g/mol. The van der Waals surface area contributed by atoms with Gasteiger partial charge in [-0.05, 0) is 27.2 Å². The van der Waals surface area contributed by atoms with E-state index in [0.717, 1.165) is 0 Å². The molecule has 1 aliphatic rings. The van der Waals surface area contributed by atoms with Gasteiger partial charge in [0.15, 0.2) is 0 Å². The summed E-state index contributed by atoms with van der Waals surface area (Å²) in [5.74, 6) is -0.115. The van der Waals surface area contributed by atoms with Crippen LogP contribution in [0.3, 0.4) is 0 Å². The van der Waals surface area contributed by atoms with Crippen molar-refractivity contribution in [3.63, 3.8) is 0 Å². The number of hydrogen-bond donors (Lipinski definition) is 0. The molecule has 0 bridgehead atoms. The highest BCUT2D eigenvalue weighted by Gasteiger charge is 2.28. The molecule has 122 valence electrons. The second-order valence-corrected chi connectivity index (χ2v) is 6.03. The lowest BCUT2D eigenvalue weighted by Crippen LogP contribution is -2.47. The normalized spacial score (nSPS) is 19.3. The van der Waals surface area contributed by atoms with Gasteiger partial charge in [-0.1, -0.05) is 0 Å². The maximum absolute atomic E-state index is 12.0. The number of carbonyl (C=O) groups is 2. The Morgan fingerprint density at radius 3 is 2.62 bits per heavy atom. The first-order chi connectivity index (χ1) is 9.73. The van der Waals surface area contributed by atoms with Crippen molar-refractivity contribution in [1.82, 2.24) is 9.96 Å². The van der Waals surface area contributed by atoms with E-state index in [0.29, 0.717) is 32.5 Å². The topological polar surface area (TPSA) is 68.3 Å². The second kappa shape index (κ2) is 7.61. The molecule has 1 atom stereocenters. The lowest BCUT2D eigenvalue weighted by atomic mass is 10.1. The van der Waals surface area contributed by atoms with Crippen LogP contribution in [0.2, 0.25) is 0 Å². The third kappa shape index (κ3) is 6.31. The fraction of sp³-hybridized carbons (Fsp3) is 0.857. The second-order valence-electron chi connectivity index (χ2n) is 6.03. The molecule has 0 N–H and O–H groups in total. The smallest absolute Gasteiger partial charge is 0.410 e. The predicted octanol–water partition coefficient (Wildman–Crippen LogP) is 1.42. The van der Waals surface area contributed by atoms with E-state index in [1.807, 2.05) is 20.8 Å². The molecule has 1 saturated heterocycles. The van der Waals surface area contributed by atoms with Crippen LogP contribution in [-0.2, 0) is 19.1 Å². The van der Waals surface area contributed by atoms with Crippen molar-refractivity contribution in [2.75, 3.05) is 33.9 Å². The van der Waals surface area contributed by atoms with E-state index in [1.165, 1.54) is 12.2 Å². The summed E-state index contributed by atoms with van der Waals surface area (Å²) < 4.78 is 10.9. The summed E-state index contributed by atoms with van der Waals surface area (Å²) in [5.41, 5.74) is -0.512. The highest BCUT2D eigenvalue weighted by atomic mass is 16.7. The van der Waals surface area contributed by atoms with Gasteiger partial charge in [0.1, 0.15) is 5.60 Å². The molecule has 0 aliphatic carbocycles. The zero-order valence-electron chi connectivity index (χ0n) is 13.5. The highest BCUT2D eigenvalue weighted by Crippen LogP contribution is 2.15. The average molecular weight is 302 g/mol. The van der Waals surface area contributed by atoms with Crippen molar-refractivity contribution in [2.45, 2.75) is 45.3 Å². The van der Waals surface area contributed by atoms with Gasteiger partial charge in [0.25, 0.3) is 0 Å². The van der Waals surface area contributed by atoms with E-state index in [9.17, 15) is 9.59 Å². The minimum atomic E-state index is -0.512. The molecule has 0 saturated carbocycles. The molecule has 7 nitrogen and oxygen atoms in total. The van der Waals surface area contributed by atoms with Crippen LogP contribution in [-0.4, -0.2) is 67.5 Å². The molecule has 1 aliphatic heterocycles. The Labute approximate surface area is 126 Å². The number of nitrogens with zero attached hydrogens (tertiary/aromatic N) is 2. The molecule has 0 aromatic rings. The van der Waals surface area contributed by atoms with Gasteiger partial charge in [0.2, 0.25) is 5.91 Å². The molecule has 21 heavy (non-hydrogen) atoms. The van der Waals surface area contributed by atoms with Crippen molar-refractivity contribution >= 4 is 12.0 Å². The maximum Gasteiger partial charge on any atom is 0.410 e. The number of carbonyl (C=O) groups excluding carboxylic acids is 2. The summed E-state index contributed by atoms with van der Waals surface area (Å²) in [6.07, 6.45) is 0.375. The molecule has 1 rings (SSSR count). The summed E-state index contributed by atoms with van der Waals surface area (Å²) >= 11 is 0. The van der Waals surface area contributed by atoms with Crippen LogP contribution in [0, 0.1) is 0 Å². The van der Waals surface area contributed by atoms with Crippen molar-refractivity contribution in [3.05, 3.63) is 0 Å². The van der Waals surface area contributed by atoms with Crippen LogP contribution < -0.4 is 0 Å². The predicted molar refractivity (Wildman–Crippen MR) is 76.6 cm³/mol. The summed E-state index contributed by atoms with van der Waals surface area (Å²) in [6, 6.07) is 0. The first-order valence-electron chi connectivity index (χ1n) is 7.13. The van der Waals surface area contributed by atoms with Crippen molar-refractivity contribution in [1.29, 1.82) is 0 Å². The first-order valence-corrected chi connectivity index (χ1v) is 7.13. The van der Waals surface area contributed by atoms with Gasteiger partial charge >= 0.3 is 6.09 Å². The van der Waals surface area contributed by atoms with Gasteiger partial charge in [0, 0.05) is 20.0 Å². The van der Waals surface area contributed by atoms with Gasteiger partial charge in [-0.3, -0.25) is 9.63 Å². The lowest BCUT2D eigenvalue weighted by molar-refractivity contribution is -0.169. The van der Waals surface area contributed by atoms with E-state index in [2.05, 4.69) is 0 Å². The van der Waals surface area contributed by atoms with Crippen LogP contribution in [0.4, 0.5) is 4.79 Å². The van der Waals surface area contributed by atoms with Crippen LogP contribution in [0.1, 0.15) is 33.6 Å². The summed E-state index contributed by atoms with van der Waals surface area (Å²) in [5, 5.41) is 1.19. The van der Waals surface area contributed by atoms with Gasteiger partial charge in [-0.2, -0.15) is 0 Å². The first kappa shape index (κ1) is 17.7. The number of morpholine rings is 1. The Balaban J connectivity index is 2.42. The Morgan fingerprint density at radius 1 is 1.38 bits per heavy atom. The highest BCUT2D eigenvalue weighted by molar-refractivity contribution is 5.74. The van der Waals surface area contributed by atoms with Gasteiger partial charge < -0.3 is 14.4 Å². The molecular formula is C14H26N2O5. The molecule has 0 aromatic heterocycles. The van der Waals surface area contributed by atoms with Crippen LogP contribution in [0.15, 0.2) is 0 Å². The summed E-state index contributed by atoms with van der Waals surface area (Å²) in [4.78, 5) is 30.1. The number of amides is 2. The molecule has 0 spiro atoms. The summed E-state index contributed by atoms with van der Waals surface area (Å²) in [7, 11) is 3.01. The van der Waals surface area contributed by atoms with Gasteiger partial charge in [0.05, 0.1) is 26.4 Å². The van der Waals surface area contributed by atoms with Crippen LogP contribution in [0.25, 0.3) is 0 Å². The molecule has 0 aromatic carbocycles. The molecule has 1 fully saturated rings. The van der Waals surface area contributed by atoms with E-state index in [1.54, 1.807) is 11.9 Å². The third-order valence-corrected chi connectivity index (χ3v) is 3.10. The van der Waals surface area contributed by atoms with E-state index in [-0.39, 0.29) is 18.1 Å². The van der Waals surface area contributed by atoms with Crippen molar-refractivity contribution < 1.29 is 23.9 Å². The molecule has 7 heteroatoms. The van der Waals surface area contributed by atoms with E-state index < -0.39 is 5.60 Å². The Kier molecular flexibility index (Phi) is 6.42. The molecule has 1 heterocycles. The standard InChI is InChI=1S/C14H26N2O5/c1-14(2,3)21-13(18)16-8-9-20-11(10-16)6-7-12(17)15(4)19-5/h11H,6-10H2,1-5H3/t11-/m1/s1. The Hall–Kier alpha value is -1.34. The number of rotatable bonds is 4. The minimum absolute atomic E-state index is 0.115. The number of ether oxygens (including phenoxy) is 2. The average Bonchev–Trinajstić information content (AvgIpc) is 2.42. The van der Waals surface area contributed by atoms with Crippen molar-refractivity contribution in [2.24, 2.45) is 0 Å². The van der Waals surface area contributed by atoms with Crippen molar-refractivity contribution in [3.8, 4) is 0 Å². The Bertz CT molecular complexity index is 367. The Morgan fingerprint density at radius 2 is 2.05 bits per heavy atom. The fourth-order valence-electron chi connectivity index (χ4n) is 1.93. The van der Waals surface area contributed by atoms with Crippen LogP contribution >= 0.6 is 0 Å². The van der Waals surface area contributed by atoms with Gasteiger partial charge in [-0.25, -0.2) is 9.86 Å². The fourth-order valence-corrected chi connectivity index (χ4v) is 1.93. The lowest BCUT2D eigenvalue weighted by Gasteiger charge is -2.34. The molecule has 2 amide bonds. The third-order valence-electron chi connectivity index (χ3n) is 3.10. The molecule has 0 unspecified atom stereocenters. The minimum Gasteiger partial charge on any atom is -0.444 e. The van der Waals surface area contributed by atoms with Crippen LogP contribution in [0.5, 0.6) is 0 Å². The molecule has 0 radical (unpaired) electrons. The SMILES string of the molecule is CON(C)C(=O)CC[C@@H]1CN(C(=O)OC(C)(C)C)CCO1. The largest absolute Gasteiger partial charge is 0.444 e. The maximum atomic E-state index is 12.0. The van der Waals surface area contributed by atoms with E-state index >= 15 is 0 Å². The van der Waals surface area contributed by atoms with Gasteiger partial charge in [-0.15, -0.1) is 0 Å². The van der Waals surface area contributed by atoms with E-state index in [4.69, 9.17) is 14.3 Å². The number of hydroxylamine groups is 2. The number of hydrogen-bond acceptors (Lipinski definition) is 5. The summed E-state index contributed by atoms with van der Waals surface area (Å²) in [6.45, 7) is 6.92. The quantitative estimate of drug-likeness (QED) is 0.735. The molecular weight excluding hydrogens is 276 g/mol.